The van der Waals surface area contributed by atoms with Crippen LogP contribution in [0.2, 0.25) is 0 Å². The summed E-state index contributed by atoms with van der Waals surface area (Å²) in [6.07, 6.45) is 6.96. The fourth-order valence-electron chi connectivity index (χ4n) is 2.36. The fraction of sp³-hybridized carbons (Fsp3) is 0.600. The summed E-state index contributed by atoms with van der Waals surface area (Å²) in [4.78, 5) is 18.3. The van der Waals surface area contributed by atoms with Crippen LogP contribution in [0.25, 0.3) is 0 Å². The van der Waals surface area contributed by atoms with Gasteiger partial charge in [-0.25, -0.2) is 4.98 Å². The number of carbonyl (C=O) groups is 1. The van der Waals surface area contributed by atoms with Crippen LogP contribution in [-0.2, 0) is 11.3 Å². The summed E-state index contributed by atoms with van der Waals surface area (Å²) < 4.78 is 0. The quantitative estimate of drug-likeness (QED) is 0.890. The second kappa shape index (κ2) is 8.85. The molecule has 1 aliphatic heterocycles. The first-order valence-corrected chi connectivity index (χ1v) is 7.40. The minimum absolute atomic E-state index is 0. The Morgan fingerprint density at radius 1 is 1.33 bits per heavy atom. The van der Waals surface area contributed by atoms with E-state index in [2.05, 4.69) is 15.2 Å². The Morgan fingerprint density at radius 2 is 2.00 bits per heavy atom. The number of nitrogens with zero attached hydrogens (tertiary/aromatic N) is 2. The van der Waals surface area contributed by atoms with Gasteiger partial charge in [-0.2, -0.15) is 0 Å². The Morgan fingerprint density at radius 3 is 2.52 bits per heavy atom. The minimum Gasteiger partial charge on any atom is -0.357 e. The molecule has 1 fully saturated rings. The number of hydrogen-bond donors (Lipinski definition) is 2. The van der Waals surface area contributed by atoms with Gasteiger partial charge in [0.15, 0.2) is 0 Å². The highest BCUT2D eigenvalue weighted by molar-refractivity contribution is 5.85. The number of carbonyl (C=O) groups excluding carboxylic acids is 1. The summed E-state index contributed by atoms with van der Waals surface area (Å²) in [5.74, 6) is 0.899. The minimum atomic E-state index is -0.473. The van der Waals surface area contributed by atoms with Crippen LogP contribution in [0.1, 0.15) is 38.2 Å². The van der Waals surface area contributed by atoms with E-state index >= 15 is 0 Å². The third-order valence-corrected chi connectivity index (χ3v) is 3.62. The molecule has 1 aliphatic rings. The second-order valence-electron chi connectivity index (χ2n) is 5.43. The molecule has 1 amide bonds. The summed E-state index contributed by atoms with van der Waals surface area (Å²) >= 11 is 0. The molecule has 0 bridgehead atoms. The van der Waals surface area contributed by atoms with E-state index in [1.54, 1.807) is 6.92 Å². The van der Waals surface area contributed by atoms with E-state index in [-0.39, 0.29) is 18.3 Å². The summed E-state index contributed by atoms with van der Waals surface area (Å²) in [7, 11) is 0. The maximum absolute atomic E-state index is 11.4. The van der Waals surface area contributed by atoms with Gasteiger partial charge in [-0.3, -0.25) is 4.79 Å². The summed E-state index contributed by atoms with van der Waals surface area (Å²) in [6.45, 7) is 4.34. The number of nitrogens with one attached hydrogen (secondary N) is 1. The number of anilines is 1. The number of pyridine rings is 1. The maximum Gasteiger partial charge on any atom is 0.236 e. The molecule has 0 spiro atoms. The van der Waals surface area contributed by atoms with Crippen molar-refractivity contribution in [1.82, 2.24) is 10.3 Å². The van der Waals surface area contributed by atoms with Gasteiger partial charge in [-0.05, 0) is 31.4 Å². The van der Waals surface area contributed by atoms with E-state index in [4.69, 9.17) is 5.73 Å². The summed E-state index contributed by atoms with van der Waals surface area (Å²) in [6, 6.07) is 3.59. The van der Waals surface area contributed by atoms with Crippen molar-refractivity contribution in [3.05, 3.63) is 23.9 Å². The molecule has 5 nitrogen and oxygen atoms in total. The van der Waals surface area contributed by atoms with Gasteiger partial charge in [0.2, 0.25) is 5.91 Å². The zero-order valence-electron chi connectivity index (χ0n) is 12.5. The van der Waals surface area contributed by atoms with Gasteiger partial charge >= 0.3 is 0 Å². The first-order chi connectivity index (χ1) is 9.66. The Labute approximate surface area is 132 Å². The molecule has 3 N–H and O–H groups in total. The molecule has 1 atom stereocenters. The van der Waals surface area contributed by atoms with Crippen molar-refractivity contribution in [2.24, 2.45) is 5.73 Å². The lowest BCUT2D eigenvalue weighted by atomic mass is 10.2. The Bertz CT molecular complexity index is 428. The third kappa shape index (κ3) is 5.52. The number of amides is 1. The van der Waals surface area contributed by atoms with Crippen molar-refractivity contribution >= 4 is 24.1 Å². The van der Waals surface area contributed by atoms with Gasteiger partial charge in [0.25, 0.3) is 0 Å². The third-order valence-electron chi connectivity index (χ3n) is 3.62. The van der Waals surface area contributed by atoms with Gasteiger partial charge in [-0.1, -0.05) is 18.9 Å². The van der Waals surface area contributed by atoms with Crippen LogP contribution in [0, 0.1) is 0 Å². The van der Waals surface area contributed by atoms with Gasteiger partial charge in [0, 0.05) is 25.8 Å². The molecule has 0 saturated carbocycles. The van der Waals surface area contributed by atoms with E-state index in [0.29, 0.717) is 6.54 Å². The van der Waals surface area contributed by atoms with Crippen LogP contribution in [0.4, 0.5) is 5.82 Å². The molecular formula is C15H25ClN4O. The van der Waals surface area contributed by atoms with Crippen LogP contribution in [-0.4, -0.2) is 30.0 Å². The monoisotopic (exact) mass is 312 g/mol. The number of hydrogen-bond acceptors (Lipinski definition) is 4. The van der Waals surface area contributed by atoms with Gasteiger partial charge in [0.1, 0.15) is 5.82 Å². The average molecular weight is 313 g/mol. The normalized spacial score (nSPS) is 16.6. The standard InChI is InChI=1S/C15H24N4O.ClH/c1-12(16)15(20)18-11-13-6-7-14(17-10-13)19-8-4-2-3-5-9-19;/h6-7,10,12H,2-5,8-9,11,16H2,1H3,(H,18,20);1H. The molecule has 21 heavy (non-hydrogen) atoms. The van der Waals surface area contributed by atoms with E-state index in [9.17, 15) is 4.79 Å². The number of halogens is 1. The molecule has 1 saturated heterocycles. The summed E-state index contributed by atoms with van der Waals surface area (Å²) in [5.41, 5.74) is 6.50. The van der Waals surface area contributed by atoms with Gasteiger partial charge in [0.05, 0.1) is 6.04 Å². The SMILES string of the molecule is CC(N)C(=O)NCc1ccc(N2CCCCCC2)nc1.Cl. The predicted octanol–water partition coefficient (Wildman–Crippen LogP) is 1.85. The van der Waals surface area contributed by atoms with Crippen molar-refractivity contribution < 1.29 is 4.79 Å². The Hall–Kier alpha value is -1.33. The first kappa shape index (κ1) is 17.7. The highest BCUT2D eigenvalue weighted by atomic mass is 35.5. The van der Waals surface area contributed by atoms with Crippen molar-refractivity contribution in [2.75, 3.05) is 18.0 Å². The molecule has 2 heterocycles. The lowest BCUT2D eigenvalue weighted by Gasteiger charge is -2.21. The van der Waals surface area contributed by atoms with Crippen LogP contribution < -0.4 is 16.0 Å². The van der Waals surface area contributed by atoms with Crippen molar-refractivity contribution in [2.45, 2.75) is 45.2 Å². The van der Waals surface area contributed by atoms with E-state index < -0.39 is 6.04 Å². The number of aromatic nitrogens is 1. The number of rotatable bonds is 4. The van der Waals surface area contributed by atoms with Gasteiger partial charge in [-0.15, -0.1) is 12.4 Å². The molecule has 0 aromatic carbocycles. The molecule has 2 rings (SSSR count). The highest BCUT2D eigenvalue weighted by Gasteiger charge is 2.11. The molecule has 118 valence electrons. The topological polar surface area (TPSA) is 71.2 Å². The lowest BCUT2D eigenvalue weighted by molar-refractivity contribution is -0.122. The van der Waals surface area contributed by atoms with Crippen LogP contribution >= 0.6 is 12.4 Å². The highest BCUT2D eigenvalue weighted by Crippen LogP contribution is 2.17. The van der Waals surface area contributed by atoms with Crippen molar-refractivity contribution in [3.8, 4) is 0 Å². The fourth-order valence-corrected chi connectivity index (χ4v) is 2.36. The van der Waals surface area contributed by atoms with E-state index in [1.165, 1.54) is 25.7 Å². The Kier molecular flexibility index (Phi) is 7.47. The van der Waals surface area contributed by atoms with Crippen LogP contribution in [0.5, 0.6) is 0 Å². The van der Waals surface area contributed by atoms with E-state index in [0.717, 1.165) is 24.5 Å². The molecule has 0 aliphatic carbocycles. The smallest absolute Gasteiger partial charge is 0.236 e. The van der Waals surface area contributed by atoms with Crippen LogP contribution in [0.15, 0.2) is 18.3 Å². The molecule has 1 unspecified atom stereocenters. The average Bonchev–Trinajstić information content (AvgIpc) is 2.74. The van der Waals surface area contributed by atoms with Crippen LogP contribution in [0.3, 0.4) is 0 Å². The molecule has 1 aromatic rings. The van der Waals surface area contributed by atoms with E-state index in [1.807, 2.05) is 18.3 Å². The largest absolute Gasteiger partial charge is 0.357 e. The Balaban J connectivity index is 0.00000220. The molecule has 0 radical (unpaired) electrons. The molecular weight excluding hydrogens is 288 g/mol. The molecule has 6 heteroatoms. The zero-order valence-corrected chi connectivity index (χ0v) is 13.4. The predicted molar refractivity (Wildman–Crippen MR) is 87.7 cm³/mol. The second-order valence-corrected chi connectivity index (χ2v) is 5.43. The van der Waals surface area contributed by atoms with Crippen molar-refractivity contribution in [3.63, 3.8) is 0 Å². The summed E-state index contributed by atoms with van der Waals surface area (Å²) in [5, 5.41) is 2.79. The number of nitrogens with two attached hydrogens (primary N) is 1. The maximum atomic E-state index is 11.4. The zero-order chi connectivity index (χ0) is 14.4. The van der Waals surface area contributed by atoms with Gasteiger partial charge < -0.3 is 16.0 Å². The molecule has 1 aromatic heterocycles. The lowest BCUT2D eigenvalue weighted by Crippen LogP contribution is -2.37. The van der Waals surface area contributed by atoms with Crippen molar-refractivity contribution in [1.29, 1.82) is 0 Å². The first-order valence-electron chi connectivity index (χ1n) is 7.40.